The van der Waals surface area contributed by atoms with Crippen LogP contribution in [0, 0.1) is 0 Å². The number of rotatable bonds is 10. The quantitative estimate of drug-likeness (QED) is 0.484. The van der Waals surface area contributed by atoms with Crippen LogP contribution in [0.4, 0.5) is 0 Å². The highest BCUT2D eigenvalue weighted by Crippen LogP contribution is 2.33. The average Bonchev–Trinajstić information content (AvgIpc) is 2.88. The first-order chi connectivity index (χ1) is 16.6. The van der Waals surface area contributed by atoms with Gasteiger partial charge in [-0.1, -0.05) is 6.07 Å². The van der Waals surface area contributed by atoms with Crippen LogP contribution in [0.15, 0.2) is 42.5 Å². The van der Waals surface area contributed by atoms with Crippen molar-refractivity contribution in [3.8, 4) is 23.0 Å². The van der Waals surface area contributed by atoms with E-state index in [1.165, 1.54) is 0 Å². The van der Waals surface area contributed by atoms with Crippen molar-refractivity contribution >= 4 is 5.91 Å². The molecular weight excluding hydrogens is 438 g/mol. The summed E-state index contributed by atoms with van der Waals surface area (Å²) in [7, 11) is 1.61. The average molecular weight is 472 g/mol. The Kier molecular flexibility index (Phi) is 8.46. The van der Waals surface area contributed by atoms with Gasteiger partial charge >= 0.3 is 0 Å². The number of amides is 1. The summed E-state index contributed by atoms with van der Waals surface area (Å²) < 4.78 is 22.1. The van der Waals surface area contributed by atoms with Crippen LogP contribution in [0.1, 0.15) is 30.9 Å². The zero-order chi connectivity index (χ0) is 23.8. The molecule has 2 aliphatic heterocycles. The van der Waals surface area contributed by atoms with Gasteiger partial charge in [0.25, 0.3) is 0 Å². The molecule has 3 N–H and O–H groups in total. The summed E-state index contributed by atoms with van der Waals surface area (Å²) in [4.78, 5) is 12.7. The molecule has 2 heterocycles. The highest BCUT2D eigenvalue weighted by Gasteiger charge is 2.27. The van der Waals surface area contributed by atoms with Crippen molar-refractivity contribution in [3.63, 3.8) is 0 Å². The number of hydrogen-bond acceptors (Lipinski definition) is 8. The number of hydrazine groups is 1. The van der Waals surface area contributed by atoms with Gasteiger partial charge in [-0.15, -0.1) is 0 Å². The number of carbonyl (C=O) groups excluding carboxylic acids is 1. The summed E-state index contributed by atoms with van der Waals surface area (Å²) in [6.07, 6.45) is 1.44. The third-order valence-electron chi connectivity index (χ3n) is 5.90. The number of benzene rings is 2. The molecule has 9 nitrogen and oxygen atoms in total. The molecular formula is C25H33N3O6. The minimum absolute atomic E-state index is 0.170. The van der Waals surface area contributed by atoms with Crippen molar-refractivity contribution in [2.24, 2.45) is 0 Å². The summed E-state index contributed by atoms with van der Waals surface area (Å²) in [6.45, 7) is 3.43. The number of nitrogens with one attached hydrogen (secondary N) is 2. The summed E-state index contributed by atoms with van der Waals surface area (Å²) in [6, 6.07) is 12.1. The predicted octanol–water partition coefficient (Wildman–Crippen LogP) is 2.05. The Morgan fingerprint density at radius 1 is 1.12 bits per heavy atom. The van der Waals surface area contributed by atoms with E-state index >= 15 is 0 Å². The second-order valence-electron chi connectivity index (χ2n) is 8.36. The standard InChI is InChI=1S/C25H33N3O6/c1-31-19-5-7-20(8-6-19)32-13-10-24(29)27-21(17-28-12-3-2-11-26-28)25(30)18-4-9-22-23(16-18)34-15-14-33-22/h4-9,16,21,25-26,30H,2-3,10-15,17H2,1H3,(H,27,29)/t21-,25-/m1/s1. The molecule has 0 spiro atoms. The molecule has 0 saturated carbocycles. The Balaban J connectivity index is 1.37. The highest BCUT2D eigenvalue weighted by atomic mass is 16.6. The van der Waals surface area contributed by atoms with Crippen LogP contribution in [0.5, 0.6) is 23.0 Å². The van der Waals surface area contributed by atoms with Crippen LogP contribution >= 0.6 is 0 Å². The lowest BCUT2D eigenvalue weighted by atomic mass is 10.0. The summed E-state index contributed by atoms with van der Waals surface area (Å²) >= 11 is 0. The number of hydrogen-bond donors (Lipinski definition) is 3. The van der Waals surface area contributed by atoms with Crippen LogP contribution in [-0.4, -0.2) is 68.6 Å². The molecule has 1 fully saturated rings. The fraction of sp³-hybridized carbons (Fsp3) is 0.480. The van der Waals surface area contributed by atoms with E-state index < -0.39 is 12.1 Å². The molecule has 0 aliphatic carbocycles. The fourth-order valence-electron chi connectivity index (χ4n) is 4.05. The van der Waals surface area contributed by atoms with E-state index in [-0.39, 0.29) is 18.9 Å². The van der Waals surface area contributed by atoms with Gasteiger partial charge in [0.2, 0.25) is 5.91 Å². The number of fused-ring (bicyclic) bond motifs is 1. The van der Waals surface area contributed by atoms with Crippen LogP contribution in [0.3, 0.4) is 0 Å². The van der Waals surface area contributed by atoms with Crippen LogP contribution in [0.25, 0.3) is 0 Å². The third kappa shape index (κ3) is 6.53. The molecule has 9 heteroatoms. The fourth-order valence-corrected chi connectivity index (χ4v) is 4.05. The normalized spacial score (nSPS) is 17.5. The molecule has 1 saturated heterocycles. The Bertz CT molecular complexity index is 933. The molecule has 2 aliphatic rings. The zero-order valence-corrected chi connectivity index (χ0v) is 19.5. The van der Waals surface area contributed by atoms with Crippen molar-refractivity contribution < 1.29 is 28.8 Å². The van der Waals surface area contributed by atoms with Gasteiger partial charge in [0.1, 0.15) is 30.8 Å². The number of aliphatic hydroxyl groups is 1. The maximum Gasteiger partial charge on any atom is 0.223 e. The molecule has 184 valence electrons. The second-order valence-corrected chi connectivity index (χ2v) is 8.36. The van der Waals surface area contributed by atoms with Gasteiger partial charge in [-0.3, -0.25) is 10.2 Å². The lowest BCUT2D eigenvalue weighted by Crippen LogP contribution is -2.53. The molecule has 4 rings (SSSR count). The van der Waals surface area contributed by atoms with Gasteiger partial charge in [-0.05, 0) is 54.8 Å². The molecule has 0 aromatic heterocycles. The van der Waals surface area contributed by atoms with Crippen molar-refractivity contribution in [1.82, 2.24) is 15.8 Å². The van der Waals surface area contributed by atoms with E-state index in [2.05, 4.69) is 15.8 Å². The molecule has 2 aromatic carbocycles. The smallest absolute Gasteiger partial charge is 0.223 e. The number of carbonyl (C=O) groups is 1. The number of nitrogens with zero attached hydrogens (tertiary/aromatic N) is 1. The van der Waals surface area contributed by atoms with Crippen molar-refractivity contribution in [1.29, 1.82) is 0 Å². The second kappa shape index (κ2) is 11.9. The Hall–Kier alpha value is -3.01. The Morgan fingerprint density at radius 3 is 2.62 bits per heavy atom. The van der Waals surface area contributed by atoms with E-state index in [0.29, 0.717) is 42.6 Å². The van der Waals surface area contributed by atoms with E-state index in [1.54, 1.807) is 43.5 Å². The Labute approximate surface area is 199 Å². The lowest BCUT2D eigenvalue weighted by Gasteiger charge is -2.34. The van der Waals surface area contributed by atoms with E-state index in [0.717, 1.165) is 31.7 Å². The van der Waals surface area contributed by atoms with Gasteiger partial charge < -0.3 is 29.4 Å². The van der Waals surface area contributed by atoms with E-state index in [9.17, 15) is 9.90 Å². The monoisotopic (exact) mass is 471 g/mol. The van der Waals surface area contributed by atoms with Gasteiger partial charge in [0, 0.05) is 19.6 Å². The number of aliphatic hydroxyl groups excluding tert-OH is 1. The summed E-state index contributed by atoms with van der Waals surface area (Å²) in [5.74, 6) is 2.49. The molecule has 0 radical (unpaired) electrons. The minimum Gasteiger partial charge on any atom is -0.497 e. The van der Waals surface area contributed by atoms with Gasteiger partial charge in [-0.25, -0.2) is 5.01 Å². The van der Waals surface area contributed by atoms with Gasteiger partial charge in [-0.2, -0.15) is 0 Å². The van der Waals surface area contributed by atoms with Crippen LogP contribution in [0.2, 0.25) is 0 Å². The van der Waals surface area contributed by atoms with Gasteiger partial charge in [0.15, 0.2) is 11.5 Å². The number of ether oxygens (including phenoxy) is 4. The highest BCUT2D eigenvalue weighted by molar-refractivity contribution is 5.76. The lowest BCUT2D eigenvalue weighted by molar-refractivity contribution is -0.123. The van der Waals surface area contributed by atoms with E-state index in [1.807, 2.05) is 6.07 Å². The molecule has 1 amide bonds. The molecule has 34 heavy (non-hydrogen) atoms. The zero-order valence-electron chi connectivity index (χ0n) is 19.5. The predicted molar refractivity (Wildman–Crippen MR) is 126 cm³/mol. The van der Waals surface area contributed by atoms with Crippen molar-refractivity contribution in [2.75, 3.05) is 46.6 Å². The molecule has 2 aromatic rings. The first-order valence-electron chi connectivity index (χ1n) is 11.7. The SMILES string of the molecule is COc1ccc(OCCC(=O)N[C@H](CN2CCCCN2)[C@H](O)c2ccc3c(c2)OCCO3)cc1. The maximum atomic E-state index is 12.7. The first-order valence-corrected chi connectivity index (χ1v) is 11.7. The number of methoxy groups -OCH3 is 1. The van der Waals surface area contributed by atoms with Gasteiger partial charge in [0.05, 0.1) is 26.2 Å². The van der Waals surface area contributed by atoms with Crippen LogP contribution in [-0.2, 0) is 4.79 Å². The first kappa shape index (κ1) is 24.1. The largest absolute Gasteiger partial charge is 0.497 e. The molecule has 0 unspecified atom stereocenters. The molecule has 2 atom stereocenters. The van der Waals surface area contributed by atoms with Crippen molar-refractivity contribution in [3.05, 3.63) is 48.0 Å². The van der Waals surface area contributed by atoms with Crippen molar-refractivity contribution in [2.45, 2.75) is 31.4 Å². The summed E-state index contributed by atoms with van der Waals surface area (Å²) in [5.41, 5.74) is 4.01. The van der Waals surface area contributed by atoms with E-state index in [4.69, 9.17) is 18.9 Å². The maximum absolute atomic E-state index is 12.7. The van der Waals surface area contributed by atoms with Crippen LogP contribution < -0.4 is 29.7 Å². The summed E-state index contributed by atoms with van der Waals surface area (Å²) in [5, 5.41) is 16.3. The third-order valence-corrected chi connectivity index (χ3v) is 5.90. The molecule has 0 bridgehead atoms. The topological polar surface area (TPSA) is 102 Å². The minimum atomic E-state index is -0.911. The Morgan fingerprint density at radius 2 is 1.88 bits per heavy atom.